The van der Waals surface area contributed by atoms with Crippen molar-refractivity contribution in [3.8, 4) is 0 Å². The van der Waals surface area contributed by atoms with Gasteiger partial charge in [-0.15, -0.1) is 0 Å². The number of rotatable bonds is 3. The van der Waals surface area contributed by atoms with Crippen LogP contribution in [0.1, 0.15) is 11.1 Å². The van der Waals surface area contributed by atoms with Crippen LogP contribution in [0.25, 0.3) is 0 Å². The number of aryl methyl sites for hydroxylation is 1. The van der Waals surface area contributed by atoms with Crippen LogP contribution in [-0.2, 0) is 9.47 Å². The summed E-state index contributed by atoms with van der Waals surface area (Å²) in [6.45, 7) is 4.99. The topological polar surface area (TPSA) is 50.9 Å². The molecule has 1 aliphatic heterocycles. The Morgan fingerprint density at radius 2 is 2.31 bits per heavy atom. The number of ether oxygens (including phenoxy) is 2. The van der Waals surface area contributed by atoms with Gasteiger partial charge in [-0.25, -0.2) is 4.79 Å². The Bertz CT molecular complexity index is 399. The third-order valence-corrected chi connectivity index (χ3v) is 2.64. The van der Waals surface area contributed by atoms with Crippen molar-refractivity contribution < 1.29 is 14.3 Å². The highest BCUT2D eigenvalue weighted by Gasteiger charge is 2.24. The van der Waals surface area contributed by atoms with Crippen molar-refractivity contribution in [3.63, 3.8) is 0 Å². The normalized spacial score (nSPS) is 18.0. The largest absolute Gasteiger partial charge is 0.446 e. The fraction of sp³-hybridized carbons (Fsp3) is 0.417. The van der Waals surface area contributed by atoms with Crippen molar-refractivity contribution in [2.45, 2.75) is 20.0 Å². The molecule has 86 valence electrons. The molecule has 1 aromatic rings. The first kappa shape index (κ1) is 11.0. The Labute approximate surface area is 94.6 Å². The minimum atomic E-state index is -0.427. The number of anilines is 1. The summed E-state index contributed by atoms with van der Waals surface area (Å²) in [6.07, 6.45) is -0.325. The molecule has 16 heavy (non-hydrogen) atoms. The predicted octanol–water partition coefficient (Wildman–Crippen LogP) is 2.25. The fourth-order valence-corrected chi connectivity index (χ4v) is 1.37. The second-order valence-electron chi connectivity index (χ2n) is 3.93. The Balaban J connectivity index is 1.91. The van der Waals surface area contributed by atoms with Gasteiger partial charge >= 0.3 is 6.09 Å². The maximum absolute atomic E-state index is 11.4. The molecule has 0 aliphatic carbocycles. The first-order valence-corrected chi connectivity index (χ1v) is 5.28. The Kier molecular flexibility index (Phi) is 3.10. The van der Waals surface area contributed by atoms with Crippen molar-refractivity contribution in [1.82, 2.24) is 0 Å². The molecule has 1 aliphatic rings. The predicted molar refractivity (Wildman–Crippen MR) is 60.6 cm³/mol. The van der Waals surface area contributed by atoms with Gasteiger partial charge in [0.25, 0.3) is 0 Å². The van der Waals surface area contributed by atoms with E-state index in [4.69, 9.17) is 9.47 Å². The molecule has 1 amide bonds. The molecule has 4 heteroatoms. The molecule has 1 unspecified atom stereocenters. The molecule has 0 saturated carbocycles. The lowest BCUT2D eigenvalue weighted by atomic mass is 10.1. The van der Waals surface area contributed by atoms with E-state index in [0.29, 0.717) is 13.2 Å². The lowest BCUT2D eigenvalue weighted by molar-refractivity contribution is 0.150. The number of nitrogens with one attached hydrogen (secondary N) is 1. The SMILES string of the molecule is Cc1cccc(NC(=O)OCC2CO2)c1C. The summed E-state index contributed by atoms with van der Waals surface area (Å²) in [7, 11) is 0. The molecule has 4 nitrogen and oxygen atoms in total. The van der Waals surface area contributed by atoms with Crippen LogP contribution in [0.3, 0.4) is 0 Å². The van der Waals surface area contributed by atoms with Gasteiger partial charge in [-0.05, 0) is 31.0 Å². The van der Waals surface area contributed by atoms with E-state index < -0.39 is 6.09 Å². The highest BCUT2D eigenvalue weighted by atomic mass is 16.6. The van der Waals surface area contributed by atoms with E-state index in [-0.39, 0.29) is 6.10 Å². The van der Waals surface area contributed by atoms with E-state index in [1.165, 1.54) is 0 Å². The zero-order valence-electron chi connectivity index (χ0n) is 9.45. The van der Waals surface area contributed by atoms with E-state index in [0.717, 1.165) is 16.8 Å². The third-order valence-electron chi connectivity index (χ3n) is 2.64. The van der Waals surface area contributed by atoms with Crippen molar-refractivity contribution in [1.29, 1.82) is 0 Å². The van der Waals surface area contributed by atoms with Crippen LogP contribution in [0.2, 0.25) is 0 Å². The lowest BCUT2D eigenvalue weighted by Crippen LogP contribution is -2.17. The lowest BCUT2D eigenvalue weighted by Gasteiger charge is -2.10. The molecule has 1 fully saturated rings. The van der Waals surface area contributed by atoms with Gasteiger partial charge in [-0.2, -0.15) is 0 Å². The highest BCUT2D eigenvalue weighted by molar-refractivity contribution is 5.85. The Hall–Kier alpha value is -1.55. The molecule has 0 aromatic heterocycles. The number of benzene rings is 1. The molecule has 2 rings (SSSR count). The molecule has 1 saturated heterocycles. The first-order chi connectivity index (χ1) is 7.66. The smallest absolute Gasteiger partial charge is 0.411 e. The van der Waals surface area contributed by atoms with Crippen molar-refractivity contribution in [3.05, 3.63) is 29.3 Å². The van der Waals surface area contributed by atoms with E-state index in [9.17, 15) is 4.79 Å². The maximum atomic E-state index is 11.4. The zero-order valence-corrected chi connectivity index (χ0v) is 9.45. The number of hydrogen-bond donors (Lipinski definition) is 1. The fourth-order valence-electron chi connectivity index (χ4n) is 1.37. The molecule has 1 atom stereocenters. The van der Waals surface area contributed by atoms with Crippen molar-refractivity contribution >= 4 is 11.8 Å². The summed E-state index contributed by atoms with van der Waals surface area (Å²) < 4.78 is 9.94. The average Bonchev–Trinajstić information content (AvgIpc) is 3.06. The Morgan fingerprint density at radius 1 is 1.56 bits per heavy atom. The van der Waals surface area contributed by atoms with Crippen molar-refractivity contribution in [2.24, 2.45) is 0 Å². The second-order valence-corrected chi connectivity index (χ2v) is 3.93. The number of epoxide rings is 1. The molecule has 0 spiro atoms. The average molecular weight is 221 g/mol. The standard InChI is InChI=1S/C12H15NO3/c1-8-4-3-5-11(9(8)2)13-12(14)16-7-10-6-15-10/h3-5,10H,6-7H2,1-2H3,(H,13,14). The van der Waals surface area contributed by atoms with Crippen LogP contribution in [-0.4, -0.2) is 25.4 Å². The monoisotopic (exact) mass is 221 g/mol. The molecular weight excluding hydrogens is 206 g/mol. The maximum Gasteiger partial charge on any atom is 0.411 e. The van der Waals surface area contributed by atoms with Gasteiger partial charge in [0.15, 0.2) is 0 Å². The molecule has 1 aromatic carbocycles. The number of carbonyl (C=O) groups excluding carboxylic acids is 1. The molecule has 0 bridgehead atoms. The van der Waals surface area contributed by atoms with E-state index in [1.807, 2.05) is 32.0 Å². The van der Waals surface area contributed by atoms with E-state index in [2.05, 4.69) is 5.32 Å². The van der Waals surface area contributed by atoms with Gasteiger partial charge in [-0.3, -0.25) is 5.32 Å². The van der Waals surface area contributed by atoms with E-state index >= 15 is 0 Å². The number of carbonyl (C=O) groups is 1. The summed E-state index contributed by atoms with van der Waals surface area (Å²) in [5.74, 6) is 0. The highest BCUT2D eigenvalue weighted by Crippen LogP contribution is 2.18. The van der Waals surface area contributed by atoms with E-state index in [1.54, 1.807) is 0 Å². The first-order valence-electron chi connectivity index (χ1n) is 5.28. The van der Waals surface area contributed by atoms with Gasteiger partial charge in [-0.1, -0.05) is 12.1 Å². The Morgan fingerprint density at radius 3 is 3.00 bits per heavy atom. The zero-order chi connectivity index (χ0) is 11.5. The molecular formula is C12H15NO3. The summed E-state index contributed by atoms with van der Waals surface area (Å²) in [4.78, 5) is 11.4. The summed E-state index contributed by atoms with van der Waals surface area (Å²) in [6, 6.07) is 5.77. The number of amides is 1. The summed E-state index contributed by atoms with van der Waals surface area (Å²) in [5, 5.41) is 2.72. The van der Waals surface area contributed by atoms with Crippen LogP contribution in [0.5, 0.6) is 0 Å². The van der Waals surface area contributed by atoms with Crippen LogP contribution < -0.4 is 5.32 Å². The molecule has 1 heterocycles. The van der Waals surface area contributed by atoms with Gasteiger partial charge < -0.3 is 9.47 Å². The van der Waals surface area contributed by atoms with Gasteiger partial charge in [0.1, 0.15) is 12.7 Å². The van der Waals surface area contributed by atoms with Crippen LogP contribution >= 0.6 is 0 Å². The minimum Gasteiger partial charge on any atom is -0.446 e. The summed E-state index contributed by atoms with van der Waals surface area (Å²) in [5.41, 5.74) is 2.99. The van der Waals surface area contributed by atoms with Gasteiger partial charge in [0.05, 0.1) is 6.61 Å². The molecule has 1 N–H and O–H groups in total. The summed E-state index contributed by atoms with van der Waals surface area (Å²) >= 11 is 0. The third kappa shape index (κ3) is 2.73. The van der Waals surface area contributed by atoms with Gasteiger partial charge in [0.2, 0.25) is 0 Å². The van der Waals surface area contributed by atoms with Crippen LogP contribution in [0, 0.1) is 13.8 Å². The van der Waals surface area contributed by atoms with Crippen LogP contribution in [0.15, 0.2) is 18.2 Å². The quantitative estimate of drug-likeness (QED) is 0.796. The number of hydrogen-bond acceptors (Lipinski definition) is 3. The minimum absolute atomic E-state index is 0.101. The van der Waals surface area contributed by atoms with Gasteiger partial charge in [0, 0.05) is 5.69 Å². The molecule has 0 radical (unpaired) electrons. The van der Waals surface area contributed by atoms with Crippen molar-refractivity contribution in [2.75, 3.05) is 18.5 Å². The second kappa shape index (κ2) is 4.53. The van der Waals surface area contributed by atoms with Crippen LogP contribution in [0.4, 0.5) is 10.5 Å².